The Bertz CT molecular complexity index is 56.9. The third-order valence-corrected chi connectivity index (χ3v) is 2.50. The highest BCUT2D eigenvalue weighted by atomic mass is 32.1. The highest BCUT2D eigenvalue weighted by Crippen LogP contribution is 2.28. The Labute approximate surface area is 57.9 Å². The minimum absolute atomic E-state index is 0.714. The summed E-state index contributed by atoms with van der Waals surface area (Å²) < 4.78 is 0. The fourth-order valence-electron chi connectivity index (χ4n) is 1.24. The standard InChI is InChI=1S/C6H13BS/c7-5-1-3-6(8)4-2-5/h5-6,8H,1-4,7H2. The van der Waals surface area contributed by atoms with Gasteiger partial charge in [0.1, 0.15) is 7.85 Å². The van der Waals surface area contributed by atoms with Gasteiger partial charge in [0.25, 0.3) is 0 Å². The van der Waals surface area contributed by atoms with Crippen molar-refractivity contribution < 1.29 is 0 Å². The molecule has 1 saturated carbocycles. The summed E-state index contributed by atoms with van der Waals surface area (Å²) in [4.78, 5) is 0. The molecule has 0 radical (unpaired) electrons. The summed E-state index contributed by atoms with van der Waals surface area (Å²) in [6, 6.07) is 0. The topological polar surface area (TPSA) is 0 Å². The molecule has 46 valence electrons. The summed E-state index contributed by atoms with van der Waals surface area (Å²) in [5, 5.41) is 0.714. The lowest BCUT2D eigenvalue weighted by Gasteiger charge is -2.21. The van der Waals surface area contributed by atoms with Crippen LogP contribution in [0.1, 0.15) is 25.7 Å². The fourth-order valence-corrected chi connectivity index (χ4v) is 1.54. The van der Waals surface area contributed by atoms with E-state index in [0.717, 1.165) is 5.82 Å². The lowest BCUT2D eigenvalue weighted by Crippen LogP contribution is -2.09. The van der Waals surface area contributed by atoms with Crippen LogP contribution in [-0.4, -0.2) is 13.1 Å². The molecule has 0 spiro atoms. The van der Waals surface area contributed by atoms with E-state index in [1.807, 2.05) is 0 Å². The average Bonchev–Trinajstić information content (AvgIpc) is 1.77. The van der Waals surface area contributed by atoms with Crippen LogP contribution in [0.25, 0.3) is 0 Å². The number of hydrogen-bond donors (Lipinski definition) is 1. The van der Waals surface area contributed by atoms with Crippen molar-refractivity contribution in [2.45, 2.75) is 36.8 Å². The molecular weight excluding hydrogens is 115 g/mol. The first kappa shape index (κ1) is 6.53. The maximum atomic E-state index is 4.40. The van der Waals surface area contributed by atoms with Crippen LogP contribution in [0.4, 0.5) is 0 Å². The minimum atomic E-state index is 0.714. The zero-order valence-electron chi connectivity index (χ0n) is 5.43. The van der Waals surface area contributed by atoms with E-state index in [1.165, 1.54) is 25.7 Å². The van der Waals surface area contributed by atoms with Crippen LogP contribution in [0.15, 0.2) is 0 Å². The molecule has 0 atom stereocenters. The van der Waals surface area contributed by atoms with Gasteiger partial charge in [-0.05, 0) is 12.8 Å². The van der Waals surface area contributed by atoms with Crippen molar-refractivity contribution in [3.8, 4) is 0 Å². The molecule has 0 saturated heterocycles. The molecule has 1 rings (SSSR count). The Morgan fingerprint density at radius 1 is 1.12 bits per heavy atom. The average molecular weight is 128 g/mol. The Morgan fingerprint density at radius 2 is 1.62 bits per heavy atom. The second-order valence-corrected chi connectivity index (χ2v) is 3.64. The Balaban J connectivity index is 2.19. The van der Waals surface area contributed by atoms with Gasteiger partial charge in [-0.2, -0.15) is 12.6 Å². The molecule has 0 bridgehead atoms. The van der Waals surface area contributed by atoms with Gasteiger partial charge in [0, 0.05) is 5.25 Å². The van der Waals surface area contributed by atoms with Crippen LogP contribution < -0.4 is 0 Å². The minimum Gasteiger partial charge on any atom is -0.176 e. The van der Waals surface area contributed by atoms with Crippen LogP contribution >= 0.6 is 12.6 Å². The van der Waals surface area contributed by atoms with E-state index in [4.69, 9.17) is 0 Å². The molecule has 0 unspecified atom stereocenters. The summed E-state index contributed by atoms with van der Waals surface area (Å²) in [6.07, 6.45) is 5.47. The molecule has 0 aromatic carbocycles. The predicted molar refractivity (Wildman–Crippen MR) is 43.5 cm³/mol. The third kappa shape index (κ3) is 1.73. The Hall–Kier alpha value is 0.415. The highest BCUT2D eigenvalue weighted by Gasteiger charge is 2.13. The van der Waals surface area contributed by atoms with Crippen LogP contribution in [0.2, 0.25) is 5.82 Å². The molecule has 0 aromatic rings. The van der Waals surface area contributed by atoms with Crippen molar-refractivity contribution >= 4 is 20.5 Å². The molecule has 2 heteroatoms. The molecule has 0 N–H and O–H groups in total. The number of thiol groups is 1. The van der Waals surface area contributed by atoms with Crippen LogP contribution in [0, 0.1) is 0 Å². The Kier molecular flexibility index (Phi) is 2.30. The zero-order valence-corrected chi connectivity index (χ0v) is 6.32. The second-order valence-electron chi connectivity index (χ2n) is 2.91. The maximum absolute atomic E-state index is 4.40. The van der Waals surface area contributed by atoms with E-state index in [9.17, 15) is 0 Å². The summed E-state index contributed by atoms with van der Waals surface area (Å²) in [6.45, 7) is 0. The van der Waals surface area contributed by atoms with Gasteiger partial charge in [0.15, 0.2) is 0 Å². The summed E-state index contributed by atoms with van der Waals surface area (Å²) in [5.41, 5.74) is 0. The van der Waals surface area contributed by atoms with E-state index in [1.54, 1.807) is 0 Å². The highest BCUT2D eigenvalue weighted by molar-refractivity contribution is 7.80. The normalized spacial score (nSPS) is 39.6. The molecule has 0 amide bonds. The van der Waals surface area contributed by atoms with E-state index < -0.39 is 0 Å². The van der Waals surface area contributed by atoms with Crippen LogP contribution in [0.3, 0.4) is 0 Å². The third-order valence-electron chi connectivity index (χ3n) is 1.99. The molecular formula is C6H13BS. The SMILES string of the molecule is BC1CCC(S)CC1. The van der Waals surface area contributed by atoms with Crippen LogP contribution in [-0.2, 0) is 0 Å². The quantitative estimate of drug-likeness (QED) is 0.368. The number of rotatable bonds is 0. The first-order chi connectivity index (χ1) is 3.79. The van der Waals surface area contributed by atoms with Gasteiger partial charge in [0.05, 0.1) is 0 Å². The van der Waals surface area contributed by atoms with Gasteiger partial charge in [-0.1, -0.05) is 18.7 Å². The maximum Gasteiger partial charge on any atom is 0.105 e. The first-order valence-corrected chi connectivity index (χ1v) is 3.98. The van der Waals surface area contributed by atoms with Gasteiger partial charge in [-0.25, -0.2) is 0 Å². The van der Waals surface area contributed by atoms with Crippen molar-refractivity contribution in [2.24, 2.45) is 0 Å². The van der Waals surface area contributed by atoms with Crippen molar-refractivity contribution in [2.75, 3.05) is 0 Å². The molecule has 8 heavy (non-hydrogen) atoms. The van der Waals surface area contributed by atoms with Crippen LogP contribution in [0.5, 0.6) is 0 Å². The van der Waals surface area contributed by atoms with Crippen molar-refractivity contribution in [3.63, 3.8) is 0 Å². The first-order valence-electron chi connectivity index (χ1n) is 3.47. The molecule has 0 heterocycles. The summed E-state index contributed by atoms with van der Waals surface area (Å²) in [7, 11) is 2.33. The van der Waals surface area contributed by atoms with E-state index in [-0.39, 0.29) is 0 Å². The second kappa shape index (κ2) is 2.81. The lowest BCUT2D eigenvalue weighted by atomic mass is 9.75. The molecule has 1 aliphatic carbocycles. The lowest BCUT2D eigenvalue weighted by molar-refractivity contribution is 0.518. The smallest absolute Gasteiger partial charge is 0.105 e. The number of hydrogen-bond acceptors (Lipinski definition) is 1. The molecule has 0 aliphatic heterocycles. The van der Waals surface area contributed by atoms with E-state index >= 15 is 0 Å². The fraction of sp³-hybridized carbons (Fsp3) is 1.00. The van der Waals surface area contributed by atoms with Gasteiger partial charge in [-0.15, -0.1) is 0 Å². The van der Waals surface area contributed by atoms with Gasteiger partial charge < -0.3 is 0 Å². The van der Waals surface area contributed by atoms with E-state index in [2.05, 4.69) is 20.5 Å². The molecule has 0 nitrogen and oxygen atoms in total. The summed E-state index contributed by atoms with van der Waals surface area (Å²) in [5.74, 6) is 0.971. The predicted octanol–water partition coefficient (Wildman–Crippen LogP) is 1.28. The monoisotopic (exact) mass is 128 g/mol. The van der Waals surface area contributed by atoms with Crippen molar-refractivity contribution in [1.82, 2.24) is 0 Å². The van der Waals surface area contributed by atoms with Crippen molar-refractivity contribution in [1.29, 1.82) is 0 Å². The van der Waals surface area contributed by atoms with Gasteiger partial charge >= 0.3 is 0 Å². The molecule has 1 fully saturated rings. The van der Waals surface area contributed by atoms with Gasteiger partial charge in [-0.3, -0.25) is 0 Å². The molecule has 1 aliphatic rings. The van der Waals surface area contributed by atoms with E-state index in [0.29, 0.717) is 5.25 Å². The largest absolute Gasteiger partial charge is 0.176 e. The molecule has 0 aromatic heterocycles. The Morgan fingerprint density at radius 3 is 2.00 bits per heavy atom. The van der Waals surface area contributed by atoms with Gasteiger partial charge in [0.2, 0.25) is 0 Å². The zero-order chi connectivity index (χ0) is 5.98. The summed E-state index contributed by atoms with van der Waals surface area (Å²) >= 11 is 4.40. The van der Waals surface area contributed by atoms with Crippen molar-refractivity contribution in [3.05, 3.63) is 0 Å².